The number of carbonyl (C=O) groups excluding carboxylic acids is 1. The lowest BCUT2D eigenvalue weighted by molar-refractivity contribution is 0.0965. The molecule has 4 heteroatoms. The van der Waals surface area contributed by atoms with Crippen LogP contribution in [0.25, 0.3) is 0 Å². The topological polar surface area (TPSA) is 55.6 Å². The van der Waals surface area contributed by atoms with Crippen molar-refractivity contribution < 1.29 is 9.53 Å². The first-order valence-electron chi connectivity index (χ1n) is 8.38. The lowest BCUT2D eigenvalue weighted by Crippen LogP contribution is -2.27. The molecule has 22 heavy (non-hydrogen) atoms. The van der Waals surface area contributed by atoms with E-state index >= 15 is 0 Å². The molecule has 1 fully saturated rings. The van der Waals surface area contributed by atoms with Gasteiger partial charge in [-0.15, -0.1) is 0 Å². The zero-order valence-electron chi connectivity index (χ0n) is 13.8. The largest absolute Gasteiger partial charge is 0.489 e. The van der Waals surface area contributed by atoms with Crippen LogP contribution in [0.15, 0.2) is 18.2 Å². The van der Waals surface area contributed by atoms with Crippen LogP contribution < -0.4 is 10.5 Å². The maximum absolute atomic E-state index is 12.3. The third-order valence-corrected chi connectivity index (χ3v) is 4.05. The molecule has 122 valence electrons. The Morgan fingerprint density at radius 1 is 1.23 bits per heavy atom. The number of nitrogen functional groups attached to an aromatic ring is 1. The number of nitrogens with zero attached hydrogens (tertiary/aromatic N) is 1. The van der Waals surface area contributed by atoms with E-state index in [1.165, 1.54) is 25.7 Å². The van der Waals surface area contributed by atoms with Crippen LogP contribution in [0.4, 0.5) is 5.69 Å². The van der Waals surface area contributed by atoms with Gasteiger partial charge in [0, 0.05) is 18.5 Å². The summed E-state index contributed by atoms with van der Waals surface area (Å²) in [5.74, 6) is 0.811. The fraction of sp³-hybridized carbons (Fsp3) is 0.611. The number of Topliss-reactive ketones (excluding diaryl/α,β-unsaturated/α-hetero) is 1. The van der Waals surface area contributed by atoms with Gasteiger partial charge < -0.3 is 15.4 Å². The average molecular weight is 304 g/mol. The first kappa shape index (κ1) is 16.8. The molecule has 0 bridgehead atoms. The Hall–Kier alpha value is -1.55. The Morgan fingerprint density at radius 3 is 2.50 bits per heavy atom. The molecule has 0 saturated carbocycles. The van der Waals surface area contributed by atoms with E-state index in [0.29, 0.717) is 23.4 Å². The standard InChI is InChI=1S/C18H28N2O2/c1-14(2)22-18-8-7-15(13-16(18)19)17(21)9-12-20-10-5-3-4-6-11-20/h7-8,13-14H,3-6,9-12,19H2,1-2H3. The number of likely N-dealkylation sites (tertiary alicyclic amines) is 1. The Bertz CT molecular complexity index is 492. The predicted molar refractivity (Wildman–Crippen MR) is 90.5 cm³/mol. The van der Waals surface area contributed by atoms with E-state index in [1.807, 2.05) is 19.9 Å². The lowest BCUT2D eigenvalue weighted by Gasteiger charge is -2.19. The molecule has 0 radical (unpaired) electrons. The van der Waals surface area contributed by atoms with Gasteiger partial charge >= 0.3 is 0 Å². The molecule has 2 rings (SSSR count). The number of carbonyl (C=O) groups is 1. The van der Waals surface area contributed by atoms with Gasteiger partial charge in [-0.2, -0.15) is 0 Å². The Kier molecular flexibility index (Phi) is 6.25. The van der Waals surface area contributed by atoms with Crippen molar-refractivity contribution in [1.82, 2.24) is 4.90 Å². The molecule has 0 amide bonds. The van der Waals surface area contributed by atoms with Crippen LogP contribution in [0.3, 0.4) is 0 Å². The summed E-state index contributed by atoms with van der Waals surface area (Å²) >= 11 is 0. The van der Waals surface area contributed by atoms with Crippen LogP contribution in [0, 0.1) is 0 Å². The molecule has 1 aliphatic rings. The predicted octanol–water partition coefficient (Wildman–Crippen LogP) is 3.50. The van der Waals surface area contributed by atoms with Gasteiger partial charge in [-0.1, -0.05) is 12.8 Å². The summed E-state index contributed by atoms with van der Waals surface area (Å²) in [6, 6.07) is 5.36. The molecule has 1 saturated heterocycles. The SMILES string of the molecule is CC(C)Oc1ccc(C(=O)CCN2CCCCCC2)cc1N. The van der Waals surface area contributed by atoms with Crippen LogP contribution in [0.1, 0.15) is 56.3 Å². The van der Waals surface area contributed by atoms with Gasteiger partial charge in [0.05, 0.1) is 11.8 Å². The maximum atomic E-state index is 12.3. The average Bonchev–Trinajstić information content (AvgIpc) is 2.75. The van der Waals surface area contributed by atoms with E-state index in [1.54, 1.807) is 12.1 Å². The number of hydrogen-bond acceptors (Lipinski definition) is 4. The highest BCUT2D eigenvalue weighted by molar-refractivity contribution is 5.97. The van der Waals surface area contributed by atoms with Gasteiger partial charge in [0.1, 0.15) is 5.75 Å². The minimum absolute atomic E-state index is 0.0758. The van der Waals surface area contributed by atoms with Crippen molar-refractivity contribution in [2.45, 2.75) is 52.1 Å². The molecular weight excluding hydrogens is 276 g/mol. The number of ether oxygens (including phenoxy) is 1. The number of hydrogen-bond donors (Lipinski definition) is 1. The highest BCUT2D eigenvalue weighted by Gasteiger charge is 2.13. The Morgan fingerprint density at radius 2 is 1.91 bits per heavy atom. The molecular formula is C18H28N2O2. The molecule has 0 unspecified atom stereocenters. The second-order valence-corrected chi connectivity index (χ2v) is 6.35. The minimum Gasteiger partial charge on any atom is -0.489 e. The normalized spacial score (nSPS) is 16.5. The summed E-state index contributed by atoms with van der Waals surface area (Å²) in [6.07, 6.45) is 5.78. The highest BCUT2D eigenvalue weighted by atomic mass is 16.5. The number of benzene rings is 1. The van der Waals surface area contributed by atoms with E-state index in [0.717, 1.165) is 19.6 Å². The van der Waals surface area contributed by atoms with Crippen molar-refractivity contribution in [2.75, 3.05) is 25.4 Å². The molecule has 0 aliphatic carbocycles. The van der Waals surface area contributed by atoms with Gasteiger partial charge in [-0.3, -0.25) is 4.79 Å². The fourth-order valence-electron chi connectivity index (χ4n) is 2.85. The third kappa shape index (κ3) is 5.02. The summed E-state index contributed by atoms with van der Waals surface area (Å²) in [7, 11) is 0. The summed E-state index contributed by atoms with van der Waals surface area (Å²) in [5, 5.41) is 0. The zero-order valence-corrected chi connectivity index (χ0v) is 13.8. The molecule has 0 spiro atoms. The van der Waals surface area contributed by atoms with E-state index in [4.69, 9.17) is 10.5 Å². The van der Waals surface area contributed by atoms with Gasteiger partial charge in [0.2, 0.25) is 0 Å². The molecule has 1 heterocycles. The molecule has 1 aromatic rings. The van der Waals surface area contributed by atoms with Gasteiger partial charge in [0.15, 0.2) is 5.78 Å². The van der Waals surface area contributed by atoms with E-state index < -0.39 is 0 Å². The van der Waals surface area contributed by atoms with Crippen LogP contribution in [0.2, 0.25) is 0 Å². The van der Waals surface area contributed by atoms with Crippen molar-refractivity contribution in [3.8, 4) is 5.75 Å². The Balaban J connectivity index is 1.90. The summed E-state index contributed by atoms with van der Waals surface area (Å²) < 4.78 is 5.60. The number of anilines is 1. The van der Waals surface area contributed by atoms with E-state index in [-0.39, 0.29) is 11.9 Å². The van der Waals surface area contributed by atoms with Gasteiger partial charge in [-0.25, -0.2) is 0 Å². The van der Waals surface area contributed by atoms with Crippen LogP contribution >= 0.6 is 0 Å². The maximum Gasteiger partial charge on any atom is 0.164 e. The fourth-order valence-corrected chi connectivity index (χ4v) is 2.85. The van der Waals surface area contributed by atoms with Gasteiger partial charge in [0.25, 0.3) is 0 Å². The van der Waals surface area contributed by atoms with Crippen molar-refractivity contribution in [2.24, 2.45) is 0 Å². The van der Waals surface area contributed by atoms with Crippen molar-refractivity contribution in [3.63, 3.8) is 0 Å². The number of rotatable bonds is 6. The number of nitrogens with two attached hydrogens (primary N) is 1. The molecule has 1 aromatic carbocycles. The van der Waals surface area contributed by atoms with Crippen molar-refractivity contribution >= 4 is 11.5 Å². The molecule has 2 N–H and O–H groups in total. The molecule has 1 aliphatic heterocycles. The van der Waals surface area contributed by atoms with Crippen molar-refractivity contribution in [3.05, 3.63) is 23.8 Å². The highest BCUT2D eigenvalue weighted by Crippen LogP contribution is 2.24. The minimum atomic E-state index is 0.0758. The van der Waals surface area contributed by atoms with E-state index in [2.05, 4.69) is 4.90 Å². The van der Waals surface area contributed by atoms with Gasteiger partial charge in [-0.05, 0) is 58.0 Å². The second kappa shape index (κ2) is 8.18. The molecule has 0 aromatic heterocycles. The van der Waals surface area contributed by atoms with E-state index in [9.17, 15) is 4.79 Å². The van der Waals surface area contributed by atoms with Crippen LogP contribution in [-0.2, 0) is 0 Å². The van der Waals surface area contributed by atoms with Crippen LogP contribution in [0.5, 0.6) is 5.75 Å². The smallest absolute Gasteiger partial charge is 0.164 e. The second-order valence-electron chi connectivity index (χ2n) is 6.35. The quantitative estimate of drug-likeness (QED) is 0.645. The molecule has 4 nitrogen and oxygen atoms in total. The third-order valence-electron chi connectivity index (χ3n) is 4.05. The number of ketones is 1. The van der Waals surface area contributed by atoms with Crippen molar-refractivity contribution in [1.29, 1.82) is 0 Å². The first-order chi connectivity index (χ1) is 10.6. The molecule has 0 atom stereocenters. The first-order valence-corrected chi connectivity index (χ1v) is 8.38. The summed E-state index contributed by atoms with van der Waals surface area (Å²) in [4.78, 5) is 14.7. The monoisotopic (exact) mass is 304 g/mol. The zero-order chi connectivity index (χ0) is 15.9. The summed E-state index contributed by atoms with van der Waals surface area (Å²) in [6.45, 7) is 7.01. The Labute approximate surface area is 133 Å². The van der Waals surface area contributed by atoms with Crippen LogP contribution in [-0.4, -0.2) is 36.4 Å². The lowest BCUT2D eigenvalue weighted by atomic mass is 10.1. The summed E-state index contributed by atoms with van der Waals surface area (Å²) in [5.41, 5.74) is 7.20.